The summed E-state index contributed by atoms with van der Waals surface area (Å²) in [7, 11) is 0. The zero-order valence-corrected chi connectivity index (χ0v) is 12.4. The number of Topliss-reactive ketones (excluding diaryl/α,β-unsaturated/α-hetero) is 1. The van der Waals surface area contributed by atoms with Gasteiger partial charge in [-0.15, -0.1) is 0 Å². The van der Waals surface area contributed by atoms with Gasteiger partial charge in [-0.1, -0.05) is 65.7 Å². The van der Waals surface area contributed by atoms with Crippen LogP contribution in [0.2, 0.25) is 10.0 Å². The zero-order chi connectivity index (χ0) is 15.4. The minimum absolute atomic E-state index is 0.167. The van der Waals surface area contributed by atoms with E-state index in [-0.39, 0.29) is 22.2 Å². The van der Waals surface area contributed by atoms with Gasteiger partial charge in [0.25, 0.3) is 0 Å². The number of carbonyl (C=O) groups excluding carboxylic acids is 1. The summed E-state index contributed by atoms with van der Waals surface area (Å²) in [5.74, 6) is -2.38. The van der Waals surface area contributed by atoms with Crippen LogP contribution in [0.15, 0.2) is 48.5 Å². The molecule has 0 amide bonds. The SMILES string of the molecule is O=C(C[C@@H](C(=O)O)c1cccc(Cl)c1Cl)c1ccccc1. The molecule has 2 aromatic carbocycles. The minimum Gasteiger partial charge on any atom is -0.481 e. The second-order valence-corrected chi connectivity index (χ2v) is 5.31. The van der Waals surface area contributed by atoms with Gasteiger partial charge in [-0.3, -0.25) is 9.59 Å². The summed E-state index contributed by atoms with van der Waals surface area (Å²) in [6.45, 7) is 0. The van der Waals surface area contributed by atoms with Crippen LogP contribution >= 0.6 is 23.2 Å². The molecule has 0 radical (unpaired) electrons. The van der Waals surface area contributed by atoms with Crippen molar-refractivity contribution in [2.24, 2.45) is 0 Å². The topological polar surface area (TPSA) is 54.4 Å². The Labute approximate surface area is 132 Å². The number of ketones is 1. The summed E-state index contributed by atoms with van der Waals surface area (Å²) < 4.78 is 0. The van der Waals surface area contributed by atoms with E-state index >= 15 is 0 Å². The molecule has 1 N–H and O–H groups in total. The monoisotopic (exact) mass is 322 g/mol. The third kappa shape index (κ3) is 3.63. The van der Waals surface area contributed by atoms with Crippen molar-refractivity contribution in [2.75, 3.05) is 0 Å². The molecule has 0 aromatic heterocycles. The number of rotatable bonds is 5. The van der Waals surface area contributed by atoms with Gasteiger partial charge in [0.05, 0.1) is 16.0 Å². The van der Waals surface area contributed by atoms with Crippen molar-refractivity contribution >= 4 is 35.0 Å². The predicted molar refractivity (Wildman–Crippen MR) is 82.2 cm³/mol. The van der Waals surface area contributed by atoms with Crippen molar-refractivity contribution in [1.82, 2.24) is 0 Å². The Morgan fingerprint density at radius 1 is 1.00 bits per heavy atom. The maximum atomic E-state index is 12.2. The van der Waals surface area contributed by atoms with Gasteiger partial charge in [0.1, 0.15) is 0 Å². The van der Waals surface area contributed by atoms with Crippen LogP contribution in [0.4, 0.5) is 0 Å². The van der Waals surface area contributed by atoms with Gasteiger partial charge < -0.3 is 5.11 Å². The fourth-order valence-corrected chi connectivity index (χ4v) is 2.49. The molecule has 2 aromatic rings. The Morgan fingerprint density at radius 3 is 2.29 bits per heavy atom. The molecule has 0 saturated heterocycles. The maximum Gasteiger partial charge on any atom is 0.311 e. The molecule has 0 heterocycles. The third-order valence-electron chi connectivity index (χ3n) is 3.14. The fourth-order valence-electron chi connectivity index (χ4n) is 2.05. The molecule has 0 aliphatic rings. The van der Waals surface area contributed by atoms with Crippen LogP contribution in [-0.2, 0) is 4.79 Å². The number of hydrogen-bond donors (Lipinski definition) is 1. The largest absolute Gasteiger partial charge is 0.481 e. The molecule has 0 bridgehead atoms. The maximum absolute atomic E-state index is 12.2. The van der Waals surface area contributed by atoms with E-state index in [0.717, 1.165) is 0 Å². The van der Waals surface area contributed by atoms with E-state index < -0.39 is 11.9 Å². The van der Waals surface area contributed by atoms with E-state index in [1.807, 2.05) is 0 Å². The van der Waals surface area contributed by atoms with E-state index in [1.54, 1.807) is 48.5 Å². The van der Waals surface area contributed by atoms with Crippen LogP contribution in [0.1, 0.15) is 28.3 Å². The van der Waals surface area contributed by atoms with E-state index in [9.17, 15) is 14.7 Å². The molecule has 0 saturated carbocycles. The first kappa shape index (κ1) is 15.5. The standard InChI is InChI=1S/C16H12Cl2O3/c17-13-8-4-7-11(15(13)18)12(16(20)21)9-14(19)10-5-2-1-3-6-10/h1-8,12H,9H2,(H,20,21)/t12-/m1/s1. The lowest BCUT2D eigenvalue weighted by Crippen LogP contribution is -2.17. The van der Waals surface area contributed by atoms with E-state index in [4.69, 9.17) is 23.2 Å². The van der Waals surface area contributed by atoms with Crippen molar-refractivity contribution < 1.29 is 14.7 Å². The van der Waals surface area contributed by atoms with Crippen molar-refractivity contribution in [2.45, 2.75) is 12.3 Å². The molecule has 2 rings (SSSR count). The van der Waals surface area contributed by atoms with Crippen molar-refractivity contribution in [3.8, 4) is 0 Å². The van der Waals surface area contributed by atoms with Gasteiger partial charge in [-0.05, 0) is 11.6 Å². The van der Waals surface area contributed by atoms with Gasteiger partial charge in [-0.2, -0.15) is 0 Å². The Morgan fingerprint density at radius 2 is 1.67 bits per heavy atom. The predicted octanol–water partition coefficient (Wildman–Crippen LogP) is 4.43. The van der Waals surface area contributed by atoms with Crippen LogP contribution in [0.5, 0.6) is 0 Å². The highest BCUT2D eigenvalue weighted by Gasteiger charge is 2.26. The molecule has 21 heavy (non-hydrogen) atoms. The van der Waals surface area contributed by atoms with Crippen LogP contribution < -0.4 is 0 Å². The highest BCUT2D eigenvalue weighted by atomic mass is 35.5. The second-order valence-electron chi connectivity index (χ2n) is 4.53. The van der Waals surface area contributed by atoms with Gasteiger partial charge >= 0.3 is 5.97 Å². The molecule has 3 nitrogen and oxygen atoms in total. The van der Waals surface area contributed by atoms with Gasteiger partial charge in [0, 0.05) is 12.0 Å². The van der Waals surface area contributed by atoms with E-state index in [2.05, 4.69) is 0 Å². The molecule has 5 heteroatoms. The molecule has 1 atom stereocenters. The summed E-state index contributed by atoms with van der Waals surface area (Å²) >= 11 is 12.0. The lowest BCUT2D eigenvalue weighted by Gasteiger charge is -2.14. The normalized spacial score (nSPS) is 11.9. The number of benzene rings is 2. The molecule has 0 spiro atoms. The first-order valence-electron chi connectivity index (χ1n) is 6.25. The Hall–Kier alpha value is -1.84. The number of carbonyl (C=O) groups is 2. The van der Waals surface area contributed by atoms with Crippen molar-refractivity contribution in [1.29, 1.82) is 0 Å². The molecule has 0 fully saturated rings. The number of carboxylic acids is 1. The number of hydrogen-bond acceptors (Lipinski definition) is 2. The number of aliphatic carboxylic acids is 1. The Bertz CT molecular complexity index is 668. The number of carboxylic acid groups (broad SMARTS) is 1. The summed E-state index contributed by atoms with van der Waals surface area (Å²) in [5, 5.41) is 9.83. The number of halogens is 2. The molecule has 0 unspecified atom stereocenters. The summed E-state index contributed by atoms with van der Waals surface area (Å²) in [6.07, 6.45) is -0.167. The van der Waals surface area contributed by atoms with Crippen molar-refractivity contribution in [3.63, 3.8) is 0 Å². The van der Waals surface area contributed by atoms with Gasteiger partial charge in [0.2, 0.25) is 0 Å². The van der Waals surface area contributed by atoms with Crippen LogP contribution in [-0.4, -0.2) is 16.9 Å². The second kappa shape index (κ2) is 6.74. The quantitative estimate of drug-likeness (QED) is 0.828. The molecular formula is C16H12Cl2O3. The average molecular weight is 323 g/mol. The van der Waals surface area contributed by atoms with Gasteiger partial charge in [0.15, 0.2) is 5.78 Å². The first-order chi connectivity index (χ1) is 10.0. The molecule has 108 valence electrons. The Kier molecular flexibility index (Phi) is 4.99. The third-order valence-corrected chi connectivity index (χ3v) is 3.97. The first-order valence-corrected chi connectivity index (χ1v) is 7.01. The summed E-state index contributed by atoms with van der Waals surface area (Å²) in [6, 6.07) is 13.3. The van der Waals surface area contributed by atoms with Crippen molar-refractivity contribution in [3.05, 3.63) is 69.7 Å². The smallest absolute Gasteiger partial charge is 0.311 e. The van der Waals surface area contributed by atoms with E-state index in [0.29, 0.717) is 11.1 Å². The zero-order valence-electron chi connectivity index (χ0n) is 10.9. The van der Waals surface area contributed by atoms with Crippen LogP contribution in [0.3, 0.4) is 0 Å². The highest BCUT2D eigenvalue weighted by molar-refractivity contribution is 6.42. The van der Waals surface area contributed by atoms with Gasteiger partial charge in [-0.25, -0.2) is 0 Å². The summed E-state index contributed by atoms with van der Waals surface area (Å²) in [4.78, 5) is 23.7. The molecule has 0 aliphatic heterocycles. The minimum atomic E-state index is -1.11. The lowest BCUT2D eigenvalue weighted by molar-refractivity contribution is -0.138. The fraction of sp³-hybridized carbons (Fsp3) is 0.125. The lowest BCUT2D eigenvalue weighted by atomic mass is 9.91. The molecular weight excluding hydrogens is 311 g/mol. The highest BCUT2D eigenvalue weighted by Crippen LogP contribution is 2.33. The molecule has 0 aliphatic carbocycles. The van der Waals surface area contributed by atoms with E-state index in [1.165, 1.54) is 0 Å². The summed E-state index contributed by atoms with van der Waals surface area (Å²) in [5.41, 5.74) is 0.822. The van der Waals surface area contributed by atoms with Crippen LogP contribution in [0.25, 0.3) is 0 Å². The van der Waals surface area contributed by atoms with Crippen LogP contribution in [0, 0.1) is 0 Å². The average Bonchev–Trinajstić information content (AvgIpc) is 2.48. The Balaban J connectivity index is 2.31.